The van der Waals surface area contributed by atoms with Gasteiger partial charge in [-0.25, -0.2) is 0 Å². The lowest BCUT2D eigenvalue weighted by Crippen LogP contribution is -1.96. The number of hydrogen-bond donors (Lipinski definition) is 1. The van der Waals surface area contributed by atoms with E-state index >= 15 is 0 Å². The number of benzene rings is 3. The van der Waals surface area contributed by atoms with Crippen molar-refractivity contribution in [3.05, 3.63) is 72.3 Å². The Hall–Kier alpha value is -2.48. The van der Waals surface area contributed by atoms with Gasteiger partial charge in [0, 0.05) is 5.39 Å². The van der Waals surface area contributed by atoms with Gasteiger partial charge in [0.05, 0.1) is 0 Å². The van der Waals surface area contributed by atoms with Crippen LogP contribution in [0.25, 0.3) is 10.8 Å². The maximum atomic E-state index is 9.96. The molecule has 0 aliphatic rings. The van der Waals surface area contributed by atoms with Crippen molar-refractivity contribution in [2.24, 2.45) is 0 Å². The van der Waals surface area contributed by atoms with Crippen LogP contribution in [0, 0.1) is 0 Å². The van der Waals surface area contributed by atoms with Gasteiger partial charge in [0.2, 0.25) is 0 Å². The zero-order valence-electron chi connectivity index (χ0n) is 10.4. The maximum Gasteiger partial charge on any atom is 0.169 e. The van der Waals surface area contributed by atoms with Gasteiger partial charge < -0.3 is 9.84 Å². The lowest BCUT2D eigenvalue weighted by atomic mass is 10.1. The molecule has 19 heavy (non-hydrogen) atoms. The quantitative estimate of drug-likeness (QED) is 0.757. The van der Waals surface area contributed by atoms with Gasteiger partial charge in [-0.2, -0.15) is 0 Å². The van der Waals surface area contributed by atoms with E-state index in [0.717, 1.165) is 16.3 Å². The summed E-state index contributed by atoms with van der Waals surface area (Å²) in [5, 5.41) is 11.9. The highest BCUT2D eigenvalue weighted by Crippen LogP contribution is 2.35. The van der Waals surface area contributed by atoms with E-state index in [1.807, 2.05) is 60.7 Å². The van der Waals surface area contributed by atoms with Crippen molar-refractivity contribution in [2.75, 3.05) is 0 Å². The second-order valence-corrected chi connectivity index (χ2v) is 4.41. The predicted molar refractivity (Wildman–Crippen MR) is 76.4 cm³/mol. The average molecular weight is 250 g/mol. The highest BCUT2D eigenvalue weighted by Gasteiger charge is 2.07. The maximum absolute atomic E-state index is 9.96. The van der Waals surface area contributed by atoms with E-state index in [2.05, 4.69) is 0 Å². The first-order valence-electron chi connectivity index (χ1n) is 6.22. The zero-order chi connectivity index (χ0) is 13.1. The third-order valence-electron chi connectivity index (χ3n) is 3.08. The first-order chi connectivity index (χ1) is 9.34. The third-order valence-corrected chi connectivity index (χ3v) is 3.08. The summed E-state index contributed by atoms with van der Waals surface area (Å²) in [6.45, 7) is 0.447. The van der Waals surface area contributed by atoms with Crippen molar-refractivity contribution in [1.82, 2.24) is 0 Å². The average Bonchev–Trinajstić information content (AvgIpc) is 2.47. The van der Waals surface area contributed by atoms with Crippen molar-refractivity contribution in [3.8, 4) is 11.5 Å². The van der Waals surface area contributed by atoms with E-state index in [9.17, 15) is 5.11 Å². The second-order valence-electron chi connectivity index (χ2n) is 4.41. The fourth-order valence-corrected chi connectivity index (χ4v) is 2.11. The lowest BCUT2D eigenvalue weighted by Gasteiger charge is -2.11. The Labute approximate surface area is 111 Å². The van der Waals surface area contributed by atoms with Crippen LogP contribution in [-0.4, -0.2) is 5.11 Å². The molecule has 0 aromatic heterocycles. The summed E-state index contributed by atoms with van der Waals surface area (Å²) in [5.74, 6) is 0.719. The molecule has 0 spiro atoms. The summed E-state index contributed by atoms with van der Waals surface area (Å²) >= 11 is 0. The Morgan fingerprint density at radius 1 is 0.789 bits per heavy atom. The Balaban J connectivity index is 1.94. The highest BCUT2D eigenvalue weighted by molar-refractivity contribution is 5.90. The molecule has 0 atom stereocenters. The number of phenols is 1. The van der Waals surface area contributed by atoms with Crippen LogP contribution in [0.4, 0.5) is 0 Å². The van der Waals surface area contributed by atoms with Crippen LogP contribution in [0.2, 0.25) is 0 Å². The highest BCUT2D eigenvalue weighted by atomic mass is 16.5. The standard InChI is InChI=1S/C17H14O2/c18-16-11-10-14-8-4-5-9-15(14)17(16)19-12-13-6-2-1-3-7-13/h1-11,18H,12H2. The van der Waals surface area contributed by atoms with Gasteiger partial charge in [-0.3, -0.25) is 0 Å². The largest absolute Gasteiger partial charge is 0.504 e. The molecule has 0 fully saturated rings. The van der Waals surface area contributed by atoms with E-state index in [-0.39, 0.29) is 5.75 Å². The fraction of sp³-hybridized carbons (Fsp3) is 0.0588. The molecule has 0 heterocycles. The van der Waals surface area contributed by atoms with Gasteiger partial charge >= 0.3 is 0 Å². The first-order valence-corrected chi connectivity index (χ1v) is 6.22. The van der Waals surface area contributed by atoms with Gasteiger partial charge in [-0.15, -0.1) is 0 Å². The Kier molecular flexibility index (Phi) is 3.07. The summed E-state index contributed by atoms with van der Waals surface area (Å²) < 4.78 is 5.79. The molecular weight excluding hydrogens is 236 g/mol. The van der Waals surface area contributed by atoms with Gasteiger partial charge in [-0.1, -0.05) is 60.7 Å². The van der Waals surface area contributed by atoms with Gasteiger partial charge in [-0.05, 0) is 17.0 Å². The van der Waals surface area contributed by atoms with E-state index in [4.69, 9.17) is 4.74 Å². The Bertz CT molecular complexity index is 690. The van der Waals surface area contributed by atoms with Crippen molar-refractivity contribution in [3.63, 3.8) is 0 Å². The Morgan fingerprint density at radius 2 is 1.53 bits per heavy atom. The van der Waals surface area contributed by atoms with Crippen molar-refractivity contribution >= 4 is 10.8 Å². The molecule has 0 amide bonds. The van der Waals surface area contributed by atoms with E-state index in [1.165, 1.54) is 0 Å². The number of rotatable bonds is 3. The van der Waals surface area contributed by atoms with E-state index in [1.54, 1.807) is 6.07 Å². The van der Waals surface area contributed by atoms with Crippen LogP contribution >= 0.6 is 0 Å². The number of ether oxygens (including phenoxy) is 1. The normalized spacial score (nSPS) is 10.5. The van der Waals surface area contributed by atoms with Crippen LogP contribution in [0.15, 0.2) is 66.7 Å². The zero-order valence-corrected chi connectivity index (χ0v) is 10.4. The number of phenolic OH excluding ortho intramolecular Hbond substituents is 1. The molecule has 0 aliphatic carbocycles. The minimum absolute atomic E-state index is 0.176. The van der Waals surface area contributed by atoms with Crippen LogP contribution < -0.4 is 4.74 Å². The monoisotopic (exact) mass is 250 g/mol. The van der Waals surface area contributed by atoms with Crippen molar-refractivity contribution in [1.29, 1.82) is 0 Å². The summed E-state index contributed by atoms with van der Waals surface area (Å²) in [7, 11) is 0. The number of hydrogen-bond acceptors (Lipinski definition) is 2. The van der Waals surface area contributed by atoms with E-state index < -0.39 is 0 Å². The summed E-state index contributed by atoms with van der Waals surface area (Å²) in [6.07, 6.45) is 0. The van der Waals surface area contributed by atoms with Gasteiger partial charge in [0.25, 0.3) is 0 Å². The number of aromatic hydroxyl groups is 1. The summed E-state index contributed by atoms with van der Waals surface area (Å²) in [6, 6.07) is 21.4. The summed E-state index contributed by atoms with van der Waals surface area (Å²) in [4.78, 5) is 0. The minimum Gasteiger partial charge on any atom is -0.504 e. The molecule has 1 N–H and O–H groups in total. The molecule has 3 rings (SSSR count). The third kappa shape index (κ3) is 2.38. The Morgan fingerprint density at radius 3 is 2.37 bits per heavy atom. The SMILES string of the molecule is Oc1ccc2ccccc2c1OCc1ccccc1. The first kappa shape index (κ1) is 11.6. The van der Waals surface area contributed by atoms with Crippen LogP contribution in [0.3, 0.4) is 0 Å². The molecule has 0 bridgehead atoms. The molecule has 3 aromatic rings. The van der Waals surface area contributed by atoms with E-state index in [0.29, 0.717) is 12.4 Å². The molecule has 3 aromatic carbocycles. The second kappa shape index (κ2) is 5.02. The topological polar surface area (TPSA) is 29.5 Å². The fourth-order valence-electron chi connectivity index (χ4n) is 2.11. The van der Waals surface area contributed by atoms with Crippen molar-refractivity contribution < 1.29 is 9.84 Å². The van der Waals surface area contributed by atoms with Gasteiger partial charge in [0.1, 0.15) is 6.61 Å². The molecule has 0 radical (unpaired) electrons. The molecule has 0 saturated heterocycles. The van der Waals surface area contributed by atoms with Crippen LogP contribution in [-0.2, 0) is 6.61 Å². The molecule has 94 valence electrons. The lowest BCUT2D eigenvalue weighted by molar-refractivity contribution is 0.293. The van der Waals surface area contributed by atoms with Gasteiger partial charge in [0.15, 0.2) is 11.5 Å². The smallest absolute Gasteiger partial charge is 0.169 e. The van der Waals surface area contributed by atoms with Crippen LogP contribution in [0.5, 0.6) is 11.5 Å². The molecular formula is C17H14O2. The van der Waals surface area contributed by atoms with Crippen molar-refractivity contribution in [2.45, 2.75) is 6.61 Å². The summed E-state index contributed by atoms with van der Waals surface area (Å²) in [5.41, 5.74) is 1.08. The predicted octanol–water partition coefficient (Wildman–Crippen LogP) is 4.12. The molecule has 0 aliphatic heterocycles. The molecule has 2 nitrogen and oxygen atoms in total. The molecule has 0 saturated carbocycles. The minimum atomic E-state index is 0.176. The molecule has 2 heteroatoms. The van der Waals surface area contributed by atoms with Crippen LogP contribution in [0.1, 0.15) is 5.56 Å². The molecule has 0 unspecified atom stereocenters. The number of fused-ring (bicyclic) bond motifs is 1.